The Morgan fingerprint density at radius 2 is 1.79 bits per heavy atom. The van der Waals surface area contributed by atoms with E-state index >= 15 is 0 Å². The molecule has 0 bridgehead atoms. The number of anilines is 1. The van der Waals surface area contributed by atoms with Gasteiger partial charge in [0.2, 0.25) is 5.91 Å². The molecule has 1 saturated carbocycles. The second-order valence-electron chi connectivity index (χ2n) is 8.92. The Morgan fingerprint density at radius 3 is 2.42 bits per heavy atom. The van der Waals surface area contributed by atoms with Gasteiger partial charge in [0.1, 0.15) is 0 Å². The van der Waals surface area contributed by atoms with Gasteiger partial charge in [-0.2, -0.15) is 5.26 Å². The van der Waals surface area contributed by atoms with Crippen LogP contribution in [0.3, 0.4) is 0 Å². The fourth-order valence-electron chi connectivity index (χ4n) is 4.68. The van der Waals surface area contributed by atoms with Crippen LogP contribution in [0, 0.1) is 24.2 Å². The molecule has 0 radical (unpaired) electrons. The molecule has 2 aromatic carbocycles. The first-order valence-corrected chi connectivity index (χ1v) is 11.9. The minimum atomic E-state index is -0.248. The molecule has 0 aromatic heterocycles. The molecule has 5 nitrogen and oxygen atoms in total. The standard InChI is InChI=1S/C27H28ClN3O2/c1-18-23(14-19-10-12-31(13-11-19)27(33)22-4-2-3-5-22)15-24(28)16-25(18)30-26(32)21-8-6-20(17-29)7-9-21/h6-9,14-16,22H,2-5,10-13H2,1H3,(H,30,32). The molecule has 4 rings (SSSR count). The minimum absolute atomic E-state index is 0.230. The number of likely N-dealkylation sites (tertiary alicyclic amines) is 1. The summed E-state index contributed by atoms with van der Waals surface area (Å²) in [7, 11) is 0. The minimum Gasteiger partial charge on any atom is -0.342 e. The van der Waals surface area contributed by atoms with Crippen LogP contribution in [0.1, 0.15) is 65.6 Å². The Morgan fingerprint density at radius 1 is 1.12 bits per heavy atom. The SMILES string of the molecule is Cc1c(C=C2CCN(C(=O)C3CCCC3)CC2)cc(Cl)cc1NC(=O)c1ccc(C#N)cc1. The fourth-order valence-corrected chi connectivity index (χ4v) is 4.91. The molecule has 0 atom stereocenters. The predicted molar refractivity (Wildman–Crippen MR) is 131 cm³/mol. The van der Waals surface area contributed by atoms with Gasteiger partial charge in [0, 0.05) is 35.3 Å². The van der Waals surface area contributed by atoms with Gasteiger partial charge < -0.3 is 10.2 Å². The number of amides is 2. The number of carbonyl (C=O) groups is 2. The summed E-state index contributed by atoms with van der Waals surface area (Å²) < 4.78 is 0. The number of rotatable bonds is 4. The van der Waals surface area contributed by atoms with Crippen molar-refractivity contribution in [1.29, 1.82) is 5.26 Å². The van der Waals surface area contributed by atoms with Gasteiger partial charge in [0.25, 0.3) is 5.91 Å². The molecular formula is C27H28ClN3O2. The van der Waals surface area contributed by atoms with E-state index in [1.807, 2.05) is 17.9 Å². The lowest BCUT2D eigenvalue weighted by Crippen LogP contribution is -2.39. The van der Waals surface area contributed by atoms with Crippen molar-refractivity contribution in [2.24, 2.45) is 5.92 Å². The van der Waals surface area contributed by atoms with Crippen LogP contribution in [0.5, 0.6) is 0 Å². The van der Waals surface area contributed by atoms with Crippen molar-refractivity contribution >= 4 is 35.2 Å². The topological polar surface area (TPSA) is 73.2 Å². The summed E-state index contributed by atoms with van der Waals surface area (Å²) in [4.78, 5) is 27.4. The molecular weight excluding hydrogens is 434 g/mol. The summed E-state index contributed by atoms with van der Waals surface area (Å²) in [5.74, 6) is 0.313. The smallest absolute Gasteiger partial charge is 0.255 e. The van der Waals surface area contributed by atoms with Crippen LogP contribution in [0.4, 0.5) is 5.69 Å². The molecule has 2 aliphatic rings. The van der Waals surface area contributed by atoms with E-state index in [2.05, 4.69) is 17.5 Å². The van der Waals surface area contributed by atoms with Crippen molar-refractivity contribution < 1.29 is 9.59 Å². The number of piperidine rings is 1. The quantitative estimate of drug-likeness (QED) is 0.609. The van der Waals surface area contributed by atoms with E-state index in [1.165, 1.54) is 18.4 Å². The van der Waals surface area contributed by atoms with Crippen LogP contribution in [-0.4, -0.2) is 29.8 Å². The van der Waals surface area contributed by atoms with Crippen molar-refractivity contribution in [3.8, 4) is 6.07 Å². The van der Waals surface area contributed by atoms with Crippen LogP contribution in [0.15, 0.2) is 42.0 Å². The fraction of sp³-hybridized carbons (Fsp3) is 0.370. The van der Waals surface area contributed by atoms with Crippen LogP contribution in [-0.2, 0) is 4.79 Å². The molecule has 170 valence electrons. The summed E-state index contributed by atoms with van der Waals surface area (Å²) in [6, 6.07) is 12.2. The molecule has 2 fully saturated rings. The lowest BCUT2D eigenvalue weighted by atomic mass is 9.96. The third kappa shape index (κ3) is 5.46. The lowest BCUT2D eigenvalue weighted by Gasteiger charge is -2.30. The second kappa shape index (κ2) is 10.2. The molecule has 2 aromatic rings. The Kier molecular flexibility index (Phi) is 7.15. The van der Waals surface area contributed by atoms with Gasteiger partial charge in [0.15, 0.2) is 0 Å². The van der Waals surface area contributed by atoms with Gasteiger partial charge in [-0.1, -0.05) is 36.1 Å². The maximum Gasteiger partial charge on any atom is 0.255 e. The van der Waals surface area contributed by atoms with Gasteiger partial charge >= 0.3 is 0 Å². The highest BCUT2D eigenvalue weighted by Gasteiger charge is 2.28. The number of nitriles is 1. The van der Waals surface area contributed by atoms with E-state index in [0.29, 0.717) is 27.7 Å². The molecule has 1 aliphatic carbocycles. The first-order valence-electron chi connectivity index (χ1n) is 11.5. The molecule has 6 heteroatoms. The molecule has 0 unspecified atom stereocenters. The zero-order chi connectivity index (χ0) is 23.4. The first kappa shape index (κ1) is 23.1. The molecule has 1 aliphatic heterocycles. The van der Waals surface area contributed by atoms with Crippen molar-refractivity contribution in [1.82, 2.24) is 4.90 Å². The van der Waals surface area contributed by atoms with Gasteiger partial charge in [0.05, 0.1) is 11.6 Å². The third-order valence-corrected chi connectivity index (χ3v) is 6.94. The number of hydrogen-bond acceptors (Lipinski definition) is 3. The maximum atomic E-state index is 12.7. The third-order valence-electron chi connectivity index (χ3n) is 6.72. The van der Waals surface area contributed by atoms with E-state index in [9.17, 15) is 9.59 Å². The van der Waals surface area contributed by atoms with Crippen molar-refractivity contribution in [3.05, 3.63) is 69.2 Å². The summed E-state index contributed by atoms with van der Waals surface area (Å²) in [6.07, 6.45) is 8.29. The van der Waals surface area contributed by atoms with E-state index in [-0.39, 0.29) is 11.8 Å². The Labute approximate surface area is 200 Å². The van der Waals surface area contributed by atoms with Gasteiger partial charge in [-0.05, 0) is 80.1 Å². The van der Waals surface area contributed by atoms with E-state index in [0.717, 1.165) is 49.9 Å². The van der Waals surface area contributed by atoms with Gasteiger partial charge in [-0.15, -0.1) is 0 Å². The predicted octanol–water partition coefficient (Wildman–Crippen LogP) is 5.97. The highest BCUT2D eigenvalue weighted by Crippen LogP contribution is 2.31. The zero-order valence-corrected chi connectivity index (χ0v) is 19.6. The lowest BCUT2D eigenvalue weighted by molar-refractivity contribution is -0.135. The maximum absolute atomic E-state index is 12.7. The normalized spacial score (nSPS) is 16.4. The number of benzene rings is 2. The average Bonchev–Trinajstić information content (AvgIpc) is 3.37. The van der Waals surface area contributed by atoms with Crippen LogP contribution >= 0.6 is 11.6 Å². The van der Waals surface area contributed by atoms with Crippen LogP contribution in [0.2, 0.25) is 5.02 Å². The molecule has 1 N–H and O–H groups in total. The number of nitrogens with zero attached hydrogens (tertiary/aromatic N) is 2. The first-order chi connectivity index (χ1) is 15.9. The number of hydrogen-bond donors (Lipinski definition) is 1. The number of carbonyl (C=O) groups excluding carboxylic acids is 2. The summed E-state index contributed by atoms with van der Waals surface area (Å²) >= 11 is 6.38. The summed E-state index contributed by atoms with van der Waals surface area (Å²) in [5.41, 5.74) is 4.86. The summed E-state index contributed by atoms with van der Waals surface area (Å²) in [6.45, 7) is 3.50. The Bertz CT molecular complexity index is 1120. The van der Waals surface area contributed by atoms with Crippen molar-refractivity contribution in [3.63, 3.8) is 0 Å². The van der Waals surface area contributed by atoms with Crippen molar-refractivity contribution in [2.45, 2.75) is 45.4 Å². The monoisotopic (exact) mass is 461 g/mol. The van der Waals surface area contributed by atoms with E-state index in [1.54, 1.807) is 30.3 Å². The number of halogens is 1. The average molecular weight is 462 g/mol. The molecule has 33 heavy (non-hydrogen) atoms. The van der Waals surface area contributed by atoms with E-state index in [4.69, 9.17) is 16.9 Å². The Hall–Kier alpha value is -3.10. The molecule has 1 saturated heterocycles. The van der Waals surface area contributed by atoms with Gasteiger partial charge in [-0.25, -0.2) is 0 Å². The van der Waals surface area contributed by atoms with E-state index < -0.39 is 0 Å². The van der Waals surface area contributed by atoms with Crippen molar-refractivity contribution in [2.75, 3.05) is 18.4 Å². The second-order valence-corrected chi connectivity index (χ2v) is 9.36. The molecule has 1 heterocycles. The highest BCUT2D eigenvalue weighted by molar-refractivity contribution is 6.31. The molecule has 0 spiro atoms. The number of nitrogens with one attached hydrogen (secondary N) is 1. The van der Waals surface area contributed by atoms with Crippen LogP contribution in [0.25, 0.3) is 6.08 Å². The zero-order valence-electron chi connectivity index (χ0n) is 18.9. The largest absolute Gasteiger partial charge is 0.342 e. The summed E-state index contributed by atoms with van der Waals surface area (Å²) in [5, 5.41) is 12.4. The Balaban J connectivity index is 1.45. The molecule has 2 amide bonds. The van der Waals surface area contributed by atoms with Gasteiger partial charge in [-0.3, -0.25) is 9.59 Å². The highest BCUT2D eigenvalue weighted by atomic mass is 35.5. The van der Waals surface area contributed by atoms with Crippen LogP contribution < -0.4 is 5.32 Å².